The first-order valence-electron chi connectivity index (χ1n) is 7.47. The third-order valence-corrected chi connectivity index (χ3v) is 4.01. The lowest BCUT2D eigenvalue weighted by Gasteiger charge is -2.30. The summed E-state index contributed by atoms with van der Waals surface area (Å²) in [6.07, 6.45) is -0.411. The van der Waals surface area contributed by atoms with Crippen molar-refractivity contribution in [2.45, 2.75) is 39.5 Å². The molecule has 0 aliphatic carbocycles. The SMILES string of the molecule is CC(C)(C)OC(=O)N1CCn2nc3c([N+](=O)[O-])c(Cl)ccc3c2C1. The van der Waals surface area contributed by atoms with Crippen LogP contribution in [0.3, 0.4) is 0 Å². The fourth-order valence-corrected chi connectivity index (χ4v) is 2.91. The van der Waals surface area contributed by atoms with Crippen LogP contribution in [-0.2, 0) is 17.8 Å². The second kappa shape index (κ2) is 5.62. The molecule has 0 spiro atoms. The summed E-state index contributed by atoms with van der Waals surface area (Å²) in [5, 5.41) is 16.3. The number of hydrogen-bond donors (Lipinski definition) is 0. The third-order valence-electron chi connectivity index (χ3n) is 3.70. The number of halogens is 1. The van der Waals surface area contributed by atoms with Gasteiger partial charge in [-0.05, 0) is 32.9 Å². The van der Waals surface area contributed by atoms with Crippen molar-refractivity contribution >= 4 is 34.3 Å². The van der Waals surface area contributed by atoms with Gasteiger partial charge in [-0.25, -0.2) is 4.79 Å². The van der Waals surface area contributed by atoms with Gasteiger partial charge in [0.15, 0.2) is 5.52 Å². The molecule has 9 heteroatoms. The normalized spacial score (nSPS) is 14.6. The number of ether oxygens (including phenoxy) is 1. The van der Waals surface area contributed by atoms with Gasteiger partial charge in [0.05, 0.1) is 23.7 Å². The summed E-state index contributed by atoms with van der Waals surface area (Å²) in [4.78, 5) is 24.6. The van der Waals surface area contributed by atoms with Crippen LogP contribution in [0.5, 0.6) is 0 Å². The van der Waals surface area contributed by atoms with Crippen molar-refractivity contribution in [2.75, 3.05) is 6.54 Å². The summed E-state index contributed by atoms with van der Waals surface area (Å²) in [5.41, 5.74) is 0.193. The van der Waals surface area contributed by atoms with E-state index in [0.717, 1.165) is 5.69 Å². The molecule has 1 aliphatic heterocycles. The molecule has 0 atom stereocenters. The van der Waals surface area contributed by atoms with E-state index in [9.17, 15) is 14.9 Å². The lowest BCUT2D eigenvalue weighted by atomic mass is 10.1. The molecule has 2 heterocycles. The van der Waals surface area contributed by atoms with Gasteiger partial charge in [-0.2, -0.15) is 5.10 Å². The Morgan fingerprint density at radius 3 is 2.71 bits per heavy atom. The van der Waals surface area contributed by atoms with E-state index in [4.69, 9.17) is 16.3 Å². The van der Waals surface area contributed by atoms with Crippen molar-refractivity contribution in [3.63, 3.8) is 0 Å². The molecule has 0 saturated carbocycles. The molecular formula is C15H17ClN4O4. The maximum atomic E-state index is 12.3. The first-order valence-corrected chi connectivity index (χ1v) is 7.85. The lowest BCUT2D eigenvalue weighted by Crippen LogP contribution is -2.41. The highest BCUT2D eigenvalue weighted by atomic mass is 35.5. The summed E-state index contributed by atoms with van der Waals surface area (Å²) >= 11 is 5.94. The number of nitro groups is 1. The van der Waals surface area contributed by atoms with Crippen LogP contribution < -0.4 is 0 Å². The van der Waals surface area contributed by atoms with Crippen LogP contribution in [0.25, 0.3) is 10.9 Å². The van der Waals surface area contributed by atoms with E-state index < -0.39 is 16.6 Å². The zero-order valence-electron chi connectivity index (χ0n) is 13.6. The van der Waals surface area contributed by atoms with Crippen LogP contribution in [0, 0.1) is 10.1 Å². The van der Waals surface area contributed by atoms with E-state index in [0.29, 0.717) is 18.5 Å². The average Bonchev–Trinajstić information content (AvgIpc) is 2.81. The Bertz CT molecular complexity index is 840. The zero-order valence-corrected chi connectivity index (χ0v) is 14.3. The van der Waals surface area contributed by atoms with E-state index in [1.54, 1.807) is 36.4 Å². The minimum absolute atomic E-state index is 0.0481. The quantitative estimate of drug-likeness (QED) is 0.579. The fourth-order valence-electron chi connectivity index (χ4n) is 2.69. The average molecular weight is 353 g/mol. The number of nitrogens with zero attached hydrogens (tertiary/aromatic N) is 4. The van der Waals surface area contributed by atoms with Gasteiger partial charge >= 0.3 is 11.8 Å². The molecule has 0 bridgehead atoms. The fraction of sp³-hybridized carbons (Fsp3) is 0.467. The number of nitro benzene ring substituents is 1. The standard InChI is InChI=1S/C15H17ClN4O4/c1-15(2,3)24-14(21)18-6-7-19-11(8-18)9-4-5-10(16)13(20(22)23)12(9)17-19/h4-5H,6-8H2,1-3H3. The van der Waals surface area contributed by atoms with Crippen LogP contribution in [0.4, 0.5) is 10.5 Å². The van der Waals surface area contributed by atoms with Crippen LogP contribution in [-0.4, -0.2) is 37.8 Å². The van der Waals surface area contributed by atoms with Gasteiger partial charge < -0.3 is 9.64 Å². The van der Waals surface area contributed by atoms with Crippen molar-refractivity contribution in [2.24, 2.45) is 0 Å². The molecule has 2 aromatic rings. The molecule has 0 saturated heterocycles. The minimum atomic E-state index is -0.580. The Kier molecular flexibility index (Phi) is 3.87. The number of rotatable bonds is 1. The smallest absolute Gasteiger partial charge is 0.410 e. The highest BCUT2D eigenvalue weighted by Crippen LogP contribution is 2.35. The molecule has 1 aliphatic rings. The number of hydrogen-bond acceptors (Lipinski definition) is 5. The van der Waals surface area contributed by atoms with E-state index in [1.807, 2.05) is 0 Å². The lowest BCUT2D eigenvalue weighted by molar-refractivity contribution is -0.383. The van der Waals surface area contributed by atoms with Crippen molar-refractivity contribution in [3.8, 4) is 0 Å². The molecule has 3 rings (SSSR count). The van der Waals surface area contributed by atoms with Crippen molar-refractivity contribution in [1.29, 1.82) is 0 Å². The molecule has 0 unspecified atom stereocenters. The maximum Gasteiger partial charge on any atom is 0.410 e. The monoisotopic (exact) mass is 352 g/mol. The van der Waals surface area contributed by atoms with E-state index in [2.05, 4.69) is 5.10 Å². The number of benzene rings is 1. The molecule has 0 fully saturated rings. The predicted molar refractivity (Wildman–Crippen MR) is 88.0 cm³/mol. The minimum Gasteiger partial charge on any atom is -0.444 e. The first-order chi connectivity index (χ1) is 11.2. The van der Waals surface area contributed by atoms with Gasteiger partial charge in [0.2, 0.25) is 0 Å². The number of amides is 1. The van der Waals surface area contributed by atoms with Gasteiger partial charge in [0.1, 0.15) is 10.6 Å². The molecule has 1 amide bonds. The zero-order chi connectivity index (χ0) is 17.6. The third kappa shape index (κ3) is 2.89. The number of carbonyl (C=O) groups excluding carboxylic acids is 1. The summed E-state index contributed by atoms with van der Waals surface area (Å²) in [5.74, 6) is 0. The Labute approximate surface area is 143 Å². The van der Waals surface area contributed by atoms with Crippen LogP contribution in [0.1, 0.15) is 26.5 Å². The Morgan fingerprint density at radius 2 is 2.08 bits per heavy atom. The second-order valence-electron chi connectivity index (χ2n) is 6.62. The molecule has 0 N–H and O–H groups in total. The van der Waals surface area contributed by atoms with Crippen LogP contribution in [0.2, 0.25) is 5.02 Å². The molecule has 1 aromatic carbocycles. The highest BCUT2D eigenvalue weighted by Gasteiger charge is 2.30. The number of fused-ring (bicyclic) bond motifs is 3. The largest absolute Gasteiger partial charge is 0.444 e. The molecule has 24 heavy (non-hydrogen) atoms. The second-order valence-corrected chi connectivity index (χ2v) is 7.03. The van der Waals surface area contributed by atoms with Gasteiger partial charge in [-0.15, -0.1) is 0 Å². The molecule has 0 radical (unpaired) electrons. The summed E-state index contributed by atoms with van der Waals surface area (Å²) in [7, 11) is 0. The van der Waals surface area contributed by atoms with E-state index in [1.165, 1.54) is 6.07 Å². The number of carbonyl (C=O) groups is 1. The van der Waals surface area contributed by atoms with Gasteiger partial charge in [-0.3, -0.25) is 14.8 Å². The van der Waals surface area contributed by atoms with Crippen molar-refractivity contribution in [3.05, 3.63) is 33.0 Å². The van der Waals surface area contributed by atoms with Gasteiger partial charge in [0, 0.05) is 11.9 Å². The predicted octanol–water partition coefficient (Wildman–Crippen LogP) is 3.35. The Morgan fingerprint density at radius 1 is 1.38 bits per heavy atom. The number of aromatic nitrogens is 2. The Hall–Kier alpha value is -2.35. The maximum absolute atomic E-state index is 12.3. The topological polar surface area (TPSA) is 90.5 Å². The Balaban J connectivity index is 1.99. The van der Waals surface area contributed by atoms with Gasteiger partial charge in [-0.1, -0.05) is 11.6 Å². The molecule has 128 valence electrons. The van der Waals surface area contributed by atoms with E-state index >= 15 is 0 Å². The highest BCUT2D eigenvalue weighted by molar-refractivity contribution is 6.34. The van der Waals surface area contributed by atoms with Gasteiger partial charge in [0.25, 0.3) is 0 Å². The first kappa shape index (κ1) is 16.5. The van der Waals surface area contributed by atoms with E-state index in [-0.39, 0.29) is 22.8 Å². The summed E-state index contributed by atoms with van der Waals surface area (Å²) in [6.45, 7) is 6.57. The molecule has 8 nitrogen and oxygen atoms in total. The molecular weight excluding hydrogens is 336 g/mol. The van der Waals surface area contributed by atoms with Crippen molar-refractivity contribution in [1.82, 2.24) is 14.7 Å². The van der Waals surface area contributed by atoms with Crippen molar-refractivity contribution < 1.29 is 14.5 Å². The summed E-state index contributed by atoms with van der Waals surface area (Å²) in [6, 6.07) is 3.18. The summed E-state index contributed by atoms with van der Waals surface area (Å²) < 4.78 is 7.08. The van der Waals surface area contributed by atoms with Crippen LogP contribution >= 0.6 is 11.6 Å². The molecule has 1 aromatic heterocycles. The van der Waals surface area contributed by atoms with Crippen LogP contribution in [0.15, 0.2) is 12.1 Å².